The normalized spacial score (nSPS) is 9.48. The Kier molecular flexibility index (Phi) is 7.64. The highest BCUT2D eigenvalue weighted by molar-refractivity contribution is 5.71. The molecular formula is C16H24N4O. The number of carbonyl (C=O) groups is 1. The summed E-state index contributed by atoms with van der Waals surface area (Å²) in [6, 6.07) is 8.65. The third kappa shape index (κ3) is 6.12. The second kappa shape index (κ2) is 9.58. The minimum Gasteiger partial charge on any atom is -0.388 e. The van der Waals surface area contributed by atoms with Crippen molar-refractivity contribution >= 4 is 17.8 Å². The van der Waals surface area contributed by atoms with Crippen LogP contribution in [-0.2, 0) is 11.2 Å². The van der Waals surface area contributed by atoms with Crippen LogP contribution >= 0.6 is 0 Å². The predicted octanol–water partition coefficient (Wildman–Crippen LogP) is 3.36. The molecule has 5 nitrogen and oxygen atoms in total. The van der Waals surface area contributed by atoms with E-state index in [4.69, 9.17) is 0 Å². The standard InChI is InChI=1S/C11H17N.C5H7N3O/c1-3-4-5-10-6-8-11(12-2)9-7-10;1-4-5(6-3-9)2-7-8-4/h6-9,12H,3-5H2,1-2H3;2-3H,1H3,(H,6,9)(H,7,8). The molecule has 0 aliphatic carbocycles. The van der Waals surface area contributed by atoms with Crippen molar-refractivity contribution in [2.45, 2.75) is 33.1 Å². The lowest BCUT2D eigenvalue weighted by atomic mass is 10.1. The van der Waals surface area contributed by atoms with E-state index >= 15 is 0 Å². The van der Waals surface area contributed by atoms with Crippen LogP contribution in [0.3, 0.4) is 0 Å². The molecule has 0 spiro atoms. The zero-order valence-electron chi connectivity index (χ0n) is 12.9. The lowest BCUT2D eigenvalue weighted by Gasteiger charge is -2.02. The third-order valence-electron chi connectivity index (χ3n) is 3.11. The van der Waals surface area contributed by atoms with Gasteiger partial charge in [-0.15, -0.1) is 0 Å². The molecule has 0 saturated heterocycles. The van der Waals surface area contributed by atoms with E-state index in [1.165, 1.54) is 30.5 Å². The summed E-state index contributed by atoms with van der Waals surface area (Å²) in [6.45, 7) is 4.06. The Morgan fingerprint density at radius 2 is 2.00 bits per heavy atom. The van der Waals surface area contributed by atoms with Crippen molar-refractivity contribution in [2.75, 3.05) is 17.7 Å². The summed E-state index contributed by atoms with van der Waals surface area (Å²) < 4.78 is 0. The number of nitrogens with one attached hydrogen (secondary N) is 3. The zero-order valence-corrected chi connectivity index (χ0v) is 12.9. The molecule has 1 amide bonds. The van der Waals surface area contributed by atoms with Crippen molar-refractivity contribution in [3.8, 4) is 0 Å². The maximum Gasteiger partial charge on any atom is 0.211 e. The van der Waals surface area contributed by atoms with Gasteiger partial charge in [-0.05, 0) is 37.5 Å². The number of H-pyrrole nitrogens is 1. The summed E-state index contributed by atoms with van der Waals surface area (Å²) in [6.07, 6.45) is 5.95. The van der Waals surface area contributed by atoms with Gasteiger partial charge in [0.05, 0.1) is 17.6 Å². The number of benzene rings is 1. The molecule has 0 bridgehead atoms. The molecule has 0 saturated carbocycles. The highest BCUT2D eigenvalue weighted by Gasteiger charge is 1.94. The summed E-state index contributed by atoms with van der Waals surface area (Å²) >= 11 is 0. The van der Waals surface area contributed by atoms with E-state index in [1.54, 1.807) is 6.20 Å². The number of anilines is 2. The fourth-order valence-electron chi connectivity index (χ4n) is 1.78. The molecule has 21 heavy (non-hydrogen) atoms. The number of amides is 1. The van der Waals surface area contributed by atoms with Gasteiger partial charge in [-0.2, -0.15) is 5.10 Å². The maximum atomic E-state index is 9.87. The molecule has 1 aromatic carbocycles. The number of aryl methyl sites for hydroxylation is 2. The van der Waals surface area contributed by atoms with Crippen molar-refractivity contribution in [1.29, 1.82) is 0 Å². The average molecular weight is 288 g/mol. The summed E-state index contributed by atoms with van der Waals surface area (Å²) in [7, 11) is 1.95. The van der Waals surface area contributed by atoms with Crippen molar-refractivity contribution in [3.05, 3.63) is 41.7 Å². The second-order valence-corrected chi connectivity index (χ2v) is 4.72. The second-order valence-electron chi connectivity index (χ2n) is 4.72. The van der Waals surface area contributed by atoms with E-state index in [0.29, 0.717) is 6.41 Å². The number of hydrogen-bond donors (Lipinski definition) is 3. The lowest BCUT2D eigenvalue weighted by molar-refractivity contribution is -0.105. The molecule has 1 aromatic heterocycles. The fourth-order valence-corrected chi connectivity index (χ4v) is 1.78. The minimum absolute atomic E-state index is 0.623. The van der Waals surface area contributed by atoms with Crippen molar-refractivity contribution < 1.29 is 4.79 Å². The molecule has 0 atom stereocenters. The van der Waals surface area contributed by atoms with Gasteiger partial charge in [-0.25, -0.2) is 0 Å². The van der Waals surface area contributed by atoms with E-state index in [0.717, 1.165) is 11.4 Å². The van der Waals surface area contributed by atoms with Gasteiger partial charge in [0.1, 0.15) is 0 Å². The molecule has 0 fully saturated rings. The first-order valence-corrected chi connectivity index (χ1v) is 7.18. The van der Waals surface area contributed by atoms with Crippen LogP contribution in [0.25, 0.3) is 0 Å². The van der Waals surface area contributed by atoms with Gasteiger partial charge in [0.2, 0.25) is 6.41 Å². The molecule has 0 aliphatic rings. The van der Waals surface area contributed by atoms with Gasteiger partial charge in [0, 0.05) is 12.7 Å². The van der Waals surface area contributed by atoms with Gasteiger partial charge in [-0.1, -0.05) is 25.5 Å². The van der Waals surface area contributed by atoms with Crippen LogP contribution in [0.15, 0.2) is 30.5 Å². The van der Waals surface area contributed by atoms with Crippen molar-refractivity contribution in [3.63, 3.8) is 0 Å². The molecule has 2 aromatic rings. The largest absolute Gasteiger partial charge is 0.388 e. The van der Waals surface area contributed by atoms with Gasteiger partial charge < -0.3 is 10.6 Å². The number of aromatic amines is 1. The Morgan fingerprint density at radius 3 is 2.48 bits per heavy atom. The molecule has 2 rings (SSSR count). The summed E-state index contributed by atoms with van der Waals surface area (Å²) in [4.78, 5) is 9.87. The van der Waals surface area contributed by atoms with Crippen molar-refractivity contribution in [1.82, 2.24) is 10.2 Å². The first kappa shape index (κ1) is 16.8. The van der Waals surface area contributed by atoms with E-state index in [1.807, 2.05) is 14.0 Å². The van der Waals surface area contributed by atoms with Gasteiger partial charge >= 0.3 is 0 Å². The SMILES string of the molecule is CCCCc1ccc(NC)cc1.Cc1[nH]ncc1NC=O. The molecular weight excluding hydrogens is 264 g/mol. The molecule has 0 radical (unpaired) electrons. The van der Waals surface area contributed by atoms with E-state index in [-0.39, 0.29) is 0 Å². The quantitative estimate of drug-likeness (QED) is 0.714. The van der Waals surface area contributed by atoms with Gasteiger partial charge in [0.25, 0.3) is 0 Å². The Morgan fingerprint density at radius 1 is 1.29 bits per heavy atom. The summed E-state index contributed by atoms with van der Waals surface area (Å²) in [5, 5.41) is 12.0. The maximum absolute atomic E-state index is 9.87. The van der Waals surface area contributed by atoms with E-state index in [9.17, 15) is 4.79 Å². The van der Waals surface area contributed by atoms with Crippen molar-refractivity contribution in [2.24, 2.45) is 0 Å². The van der Waals surface area contributed by atoms with E-state index < -0.39 is 0 Å². The van der Waals surface area contributed by atoms with Crippen LogP contribution in [0.2, 0.25) is 0 Å². The number of hydrogen-bond acceptors (Lipinski definition) is 3. The summed E-state index contributed by atoms with van der Waals surface area (Å²) in [5.41, 5.74) is 4.22. The fraction of sp³-hybridized carbons (Fsp3) is 0.375. The predicted molar refractivity (Wildman–Crippen MR) is 87.6 cm³/mol. The van der Waals surface area contributed by atoms with Crippen LogP contribution in [0.1, 0.15) is 31.0 Å². The number of nitrogens with zero attached hydrogens (tertiary/aromatic N) is 1. The molecule has 0 aliphatic heterocycles. The monoisotopic (exact) mass is 288 g/mol. The molecule has 1 heterocycles. The Hall–Kier alpha value is -2.30. The van der Waals surface area contributed by atoms with Gasteiger partial charge in [-0.3, -0.25) is 9.89 Å². The molecule has 5 heteroatoms. The molecule has 0 unspecified atom stereocenters. The van der Waals surface area contributed by atoms with Crippen LogP contribution in [0.4, 0.5) is 11.4 Å². The highest BCUT2D eigenvalue weighted by Crippen LogP contribution is 2.10. The van der Waals surface area contributed by atoms with Crippen LogP contribution in [-0.4, -0.2) is 23.7 Å². The number of aromatic nitrogens is 2. The smallest absolute Gasteiger partial charge is 0.211 e. The summed E-state index contributed by atoms with van der Waals surface area (Å²) in [5.74, 6) is 0. The first-order valence-electron chi connectivity index (χ1n) is 7.18. The molecule has 3 N–H and O–H groups in total. The Balaban J connectivity index is 0.000000219. The van der Waals surface area contributed by atoms with E-state index in [2.05, 4.69) is 52.0 Å². The Bertz CT molecular complexity index is 519. The molecule has 114 valence electrons. The Labute approximate surface area is 126 Å². The lowest BCUT2D eigenvalue weighted by Crippen LogP contribution is -1.92. The van der Waals surface area contributed by atoms with Crippen LogP contribution in [0.5, 0.6) is 0 Å². The number of carbonyl (C=O) groups excluding carboxylic acids is 1. The van der Waals surface area contributed by atoms with Crippen LogP contribution < -0.4 is 10.6 Å². The minimum atomic E-state index is 0.623. The van der Waals surface area contributed by atoms with Gasteiger partial charge in [0.15, 0.2) is 0 Å². The third-order valence-corrected chi connectivity index (χ3v) is 3.11. The number of unbranched alkanes of at least 4 members (excludes halogenated alkanes) is 1. The first-order chi connectivity index (χ1) is 10.2. The zero-order chi connectivity index (χ0) is 15.5. The average Bonchev–Trinajstić information content (AvgIpc) is 2.92. The highest BCUT2D eigenvalue weighted by atomic mass is 16.1. The topological polar surface area (TPSA) is 69.8 Å². The number of rotatable bonds is 6. The van der Waals surface area contributed by atoms with Crippen LogP contribution in [0, 0.1) is 6.92 Å².